The Hall–Kier alpha value is -2.38. The number of nitrogens with one attached hydrogen (secondary N) is 1. The Bertz CT molecular complexity index is 901. The molecule has 1 aromatic heterocycles. The molecule has 1 aliphatic heterocycles. The second-order valence-electron chi connectivity index (χ2n) is 9.39. The molecule has 0 saturated carbocycles. The second kappa shape index (κ2) is 9.40. The molecule has 2 atom stereocenters. The van der Waals surface area contributed by atoms with Gasteiger partial charge in [0.05, 0.1) is 12.2 Å². The van der Waals surface area contributed by atoms with Crippen molar-refractivity contribution in [1.29, 1.82) is 0 Å². The third-order valence-electron chi connectivity index (χ3n) is 5.88. The molecule has 2 heterocycles. The van der Waals surface area contributed by atoms with Crippen molar-refractivity contribution in [2.75, 3.05) is 19.6 Å². The van der Waals surface area contributed by atoms with E-state index in [4.69, 9.17) is 0 Å². The van der Waals surface area contributed by atoms with E-state index < -0.39 is 22.7 Å². The maximum absolute atomic E-state index is 13.6. The van der Waals surface area contributed by atoms with Crippen LogP contribution in [0.5, 0.6) is 0 Å². The van der Waals surface area contributed by atoms with E-state index in [1.54, 1.807) is 24.4 Å². The SMILES string of the molecule is CC(C)(C)C(=O)NC[C@](O)(c1ccccn1)[C@H]1CCCN(Cc2ccc(F)c(F)c2)C1. The molecular weight excluding hydrogens is 400 g/mol. The first-order chi connectivity index (χ1) is 14.6. The van der Waals surface area contributed by atoms with Crippen LogP contribution >= 0.6 is 0 Å². The van der Waals surface area contributed by atoms with Crippen LogP contribution in [0.4, 0.5) is 8.78 Å². The van der Waals surface area contributed by atoms with E-state index in [9.17, 15) is 18.7 Å². The zero-order valence-corrected chi connectivity index (χ0v) is 18.4. The van der Waals surface area contributed by atoms with Gasteiger partial charge in [-0.25, -0.2) is 8.78 Å². The lowest BCUT2D eigenvalue weighted by molar-refractivity contribution is -0.131. The molecule has 1 fully saturated rings. The third kappa shape index (κ3) is 5.66. The number of carbonyl (C=O) groups excluding carboxylic acids is 1. The van der Waals surface area contributed by atoms with Gasteiger partial charge < -0.3 is 10.4 Å². The molecule has 1 saturated heterocycles. The van der Waals surface area contributed by atoms with Gasteiger partial charge in [0.2, 0.25) is 5.91 Å². The van der Waals surface area contributed by atoms with Crippen LogP contribution in [0.15, 0.2) is 42.6 Å². The van der Waals surface area contributed by atoms with Gasteiger partial charge in [-0.05, 0) is 49.2 Å². The number of piperidine rings is 1. The molecule has 31 heavy (non-hydrogen) atoms. The highest BCUT2D eigenvalue weighted by Gasteiger charge is 2.42. The molecule has 0 unspecified atom stereocenters. The summed E-state index contributed by atoms with van der Waals surface area (Å²) in [6.45, 7) is 7.34. The lowest BCUT2D eigenvalue weighted by Gasteiger charge is -2.42. The van der Waals surface area contributed by atoms with Crippen molar-refractivity contribution in [2.24, 2.45) is 11.3 Å². The fourth-order valence-corrected chi connectivity index (χ4v) is 4.03. The van der Waals surface area contributed by atoms with Gasteiger partial charge in [0.15, 0.2) is 11.6 Å². The maximum Gasteiger partial charge on any atom is 0.225 e. The number of benzene rings is 1. The Labute approximate surface area is 182 Å². The third-order valence-corrected chi connectivity index (χ3v) is 5.88. The molecule has 0 spiro atoms. The summed E-state index contributed by atoms with van der Waals surface area (Å²) < 4.78 is 26.9. The zero-order valence-electron chi connectivity index (χ0n) is 18.4. The molecule has 5 nitrogen and oxygen atoms in total. The number of hydrogen-bond acceptors (Lipinski definition) is 4. The lowest BCUT2D eigenvalue weighted by Crippen LogP contribution is -2.53. The van der Waals surface area contributed by atoms with E-state index in [1.165, 1.54) is 6.07 Å². The van der Waals surface area contributed by atoms with Gasteiger partial charge in [0.25, 0.3) is 0 Å². The monoisotopic (exact) mass is 431 g/mol. The molecule has 0 bridgehead atoms. The molecule has 2 N–H and O–H groups in total. The second-order valence-corrected chi connectivity index (χ2v) is 9.39. The first-order valence-corrected chi connectivity index (χ1v) is 10.7. The van der Waals surface area contributed by atoms with Crippen molar-refractivity contribution >= 4 is 5.91 Å². The number of halogens is 2. The molecule has 1 aliphatic rings. The number of amides is 1. The number of likely N-dealkylation sites (tertiary alicyclic amines) is 1. The van der Waals surface area contributed by atoms with Crippen molar-refractivity contribution in [1.82, 2.24) is 15.2 Å². The number of aromatic nitrogens is 1. The Morgan fingerprint density at radius 3 is 2.65 bits per heavy atom. The number of carbonyl (C=O) groups is 1. The molecule has 168 valence electrons. The van der Waals surface area contributed by atoms with Gasteiger partial charge in [-0.2, -0.15) is 0 Å². The standard InChI is InChI=1S/C24H31F2N3O2/c1-23(2,3)22(30)28-16-24(31,21-8-4-5-11-27-21)18-7-6-12-29(15-18)14-17-9-10-19(25)20(26)13-17/h4-5,8-11,13,18,31H,6-7,12,14-16H2,1-3H3,(H,28,30)/t18-,24+/m0/s1. The van der Waals surface area contributed by atoms with Gasteiger partial charge in [-0.3, -0.25) is 14.7 Å². The molecule has 1 amide bonds. The maximum atomic E-state index is 13.6. The lowest BCUT2D eigenvalue weighted by atomic mass is 9.78. The normalized spacial score (nSPS) is 19.6. The van der Waals surface area contributed by atoms with Gasteiger partial charge in [-0.1, -0.05) is 32.9 Å². The van der Waals surface area contributed by atoms with Crippen molar-refractivity contribution in [2.45, 2.75) is 45.8 Å². The highest BCUT2D eigenvalue weighted by Crippen LogP contribution is 2.35. The van der Waals surface area contributed by atoms with Crippen molar-refractivity contribution in [3.8, 4) is 0 Å². The predicted octanol–water partition coefficient (Wildman–Crippen LogP) is 3.62. The molecule has 0 aliphatic carbocycles. The largest absolute Gasteiger partial charge is 0.381 e. The summed E-state index contributed by atoms with van der Waals surface area (Å²) in [5, 5.41) is 14.7. The van der Waals surface area contributed by atoms with E-state index in [0.29, 0.717) is 24.3 Å². The van der Waals surface area contributed by atoms with E-state index >= 15 is 0 Å². The number of rotatable bonds is 6. The summed E-state index contributed by atoms with van der Waals surface area (Å²) in [5.41, 5.74) is -0.712. The quantitative estimate of drug-likeness (QED) is 0.733. The zero-order chi connectivity index (χ0) is 22.6. The van der Waals surface area contributed by atoms with Gasteiger partial charge >= 0.3 is 0 Å². The fraction of sp³-hybridized carbons (Fsp3) is 0.500. The Morgan fingerprint density at radius 1 is 1.23 bits per heavy atom. The van der Waals surface area contributed by atoms with Crippen LogP contribution < -0.4 is 5.32 Å². The summed E-state index contributed by atoms with van der Waals surface area (Å²) in [4.78, 5) is 19.0. The minimum absolute atomic E-state index is 0.0593. The van der Waals surface area contributed by atoms with Crippen LogP contribution in [0.2, 0.25) is 0 Å². The molecular formula is C24H31F2N3O2. The molecule has 1 aromatic carbocycles. The average Bonchev–Trinajstić information content (AvgIpc) is 2.74. The first kappa shape index (κ1) is 23.3. The summed E-state index contributed by atoms with van der Waals surface area (Å²) in [7, 11) is 0. The van der Waals surface area contributed by atoms with Crippen molar-refractivity contribution in [3.63, 3.8) is 0 Å². The minimum Gasteiger partial charge on any atom is -0.381 e. The van der Waals surface area contributed by atoms with Crippen LogP contribution in [0.3, 0.4) is 0 Å². The summed E-state index contributed by atoms with van der Waals surface area (Å²) in [6, 6.07) is 9.31. The van der Waals surface area contributed by atoms with Crippen molar-refractivity contribution in [3.05, 3.63) is 65.5 Å². The van der Waals surface area contributed by atoms with Crippen LogP contribution in [-0.2, 0) is 16.9 Å². The van der Waals surface area contributed by atoms with E-state index in [2.05, 4.69) is 15.2 Å². The van der Waals surface area contributed by atoms with Crippen LogP contribution in [0.25, 0.3) is 0 Å². The van der Waals surface area contributed by atoms with Crippen LogP contribution in [0.1, 0.15) is 44.9 Å². The topological polar surface area (TPSA) is 65.5 Å². The molecule has 3 rings (SSSR count). The average molecular weight is 432 g/mol. The van der Waals surface area contributed by atoms with Gasteiger partial charge in [-0.15, -0.1) is 0 Å². The smallest absolute Gasteiger partial charge is 0.225 e. The summed E-state index contributed by atoms with van der Waals surface area (Å²) >= 11 is 0. The van der Waals surface area contributed by atoms with Gasteiger partial charge in [0.1, 0.15) is 5.60 Å². The number of pyridine rings is 1. The molecule has 2 aromatic rings. The predicted molar refractivity (Wildman–Crippen MR) is 115 cm³/mol. The number of aliphatic hydroxyl groups is 1. The van der Waals surface area contributed by atoms with Crippen LogP contribution in [-0.4, -0.2) is 40.5 Å². The Morgan fingerprint density at radius 2 is 2.00 bits per heavy atom. The summed E-state index contributed by atoms with van der Waals surface area (Å²) in [6.07, 6.45) is 3.25. The Balaban J connectivity index is 1.79. The molecule has 7 heteroatoms. The minimum atomic E-state index is -1.34. The summed E-state index contributed by atoms with van der Waals surface area (Å²) in [5.74, 6) is -2.04. The fourth-order valence-electron chi connectivity index (χ4n) is 4.03. The number of hydrogen-bond donors (Lipinski definition) is 2. The van der Waals surface area contributed by atoms with Crippen molar-refractivity contribution < 1.29 is 18.7 Å². The number of nitrogens with zero attached hydrogens (tertiary/aromatic N) is 2. The highest BCUT2D eigenvalue weighted by molar-refractivity contribution is 5.81. The first-order valence-electron chi connectivity index (χ1n) is 10.7. The highest BCUT2D eigenvalue weighted by atomic mass is 19.2. The molecule has 0 radical (unpaired) electrons. The van der Waals surface area contributed by atoms with E-state index in [1.807, 2.05) is 26.8 Å². The van der Waals surface area contributed by atoms with Crippen LogP contribution in [0, 0.1) is 23.0 Å². The Kier molecular flexibility index (Phi) is 7.06. The van der Waals surface area contributed by atoms with Gasteiger partial charge in [0, 0.05) is 30.6 Å². The van der Waals surface area contributed by atoms with E-state index in [-0.39, 0.29) is 18.4 Å². The van der Waals surface area contributed by atoms with E-state index in [0.717, 1.165) is 25.5 Å².